The fraction of sp³-hybridized carbons (Fsp3) is 0.562. The second kappa shape index (κ2) is 6.27. The van der Waals surface area contributed by atoms with Gasteiger partial charge in [0.05, 0.1) is 0 Å². The van der Waals surface area contributed by atoms with Crippen molar-refractivity contribution in [1.29, 1.82) is 0 Å². The van der Waals surface area contributed by atoms with Gasteiger partial charge in [0.15, 0.2) is 0 Å². The summed E-state index contributed by atoms with van der Waals surface area (Å²) in [6.07, 6.45) is 2.41. The lowest BCUT2D eigenvalue weighted by atomic mass is 9.87. The number of hydrogen-bond acceptors (Lipinski definition) is 3. The number of hydrogen-bond donors (Lipinski definition) is 2. The molecule has 1 saturated heterocycles. The van der Waals surface area contributed by atoms with Gasteiger partial charge in [-0.1, -0.05) is 24.6 Å². The van der Waals surface area contributed by atoms with Crippen LogP contribution in [0.5, 0.6) is 0 Å². The van der Waals surface area contributed by atoms with Crippen LogP contribution >= 0.6 is 0 Å². The van der Waals surface area contributed by atoms with E-state index < -0.39 is 11.5 Å². The van der Waals surface area contributed by atoms with Crippen LogP contribution in [0.25, 0.3) is 0 Å². The smallest absolute Gasteiger partial charge is 0.329 e. The Hall–Kier alpha value is -1.55. The number of rotatable bonds is 5. The van der Waals surface area contributed by atoms with E-state index in [4.69, 9.17) is 0 Å². The summed E-state index contributed by atoms with van der Waals surface area (Å²) >= 11 is 0. The Kier molecular flexibility index (Phi) is 4.65. The average molecular weight is 276 g/mol. The van der Waals surface area contributed by atoms with Gasteiger partial charge in [-0.25, -0.2) is 4.79 Å². The van der Waals surface area contributed by atoms with E-state index in [9.17, 15) is 9.90 Å². The molecule has 1 heterocycles. The SMILES string of the molecule is CCCN1CCC(Nc2ccc(C)cc2)(C(=O)O)CC1. The predicted molar refractivity (Wildman–Crippen MR) is 81.1 cm³/mol. The number of carboxylic acid groups (broad SMARTS) is 1. The molecule has 20 heavy (non-hydrogen) atoms. The molecule has 0 atom stereocenters. The van der Waals surface area contributed by atoms with Crippen molar-refractivity contribution in [2.45, 2.75) is 38.6 Å². The number of carbonyl (C=O) groups is 1. The fourth-order valence-corrected chi connectivity index (χ4v) is 2.78. The Morgan fingerprint density at radius 2 is 1.90 bits per heavy atom. The van der Waals surface area contributed by atoms with Crippen molar-refractivity contribution < 1.29 is 9.90 Å². The zero-order chi connectivity index (χ0) is 14.6. The quantitative estimate of drug-likeness (QED) is 0.868. The van der Waals surface area contributed by atoms with Crippen LogP contribution in [-0.2, 0) is 4.79 Å². The maximum atomic E-state index is 11.7. The third kappa shape index (κ3) is 3.31. The third-order valence-electron chi connectivity index (χ3n) is 4.09. The highest BCUT2D eigenvalue weighted by Gasteiger charge is 2.41. The molecule has 1 aliphatic heterocycles. The summed E-state index contributed by atoms with van der Waals surface area (Å²) in [5, 5.41) is 12.9. The Morgan fingerprint density at radius 1 is 1.30 bits per heavy atom. The summed E-state index contributed by atoms with van der Waals surface area (Å²) in [7, 11) is 0. The second-order valence-electron chi connectivity index (χ2n) is 5.72. The van der Waals surface area contributed by atoms with Crippen molar-refractivity contribution in [2.75, 3.05) is 25.0 Å². The van der Waals surface area contributed by atoms with E-state index in [2.05, 4.69) is 17.1 Å². The van der Waals surface area contributed by atoms with E-state index in [1.165, 1.54) is 5.56 Å². The van der Waals surface area contributed by atoms with Gasteiger partial charge < -0.3 is 15.3 Å². The van der Waals surface area contributed by atoms with Gasteiger partial charge in [0.1, 0.15) is 5.54 Å². The minimum atomic E-state index is -0.820. The first-order valence-electron chi connectivity index (χ1n) is 7.36. The standard InChI is InChI=1S/C16H24N2O2/c1-3-10-18-11-8-16(9-12-18,15(19)20)17-14-6-4-13(2)5-7-14/h4-7,17H,3,8-12H2,1-2H3,(H,19,20). The van der Waals surface area contributed by atoms with Gasteiger partial charge in [-0.15, -0.1) is 0 Å². The molecule has 2 N–H and O–H groups in total. The summed E-state index contributed by atoms with van der Waals surface area (Å²) < 4.78 is 0. The van der Waals surface area contributed by atoms with Gasteiger partial charge in [0.25, 0.3) is 0 Å². The van der Waals surface area contributed by atoms with Crippen molar-refractivity contribution in [2.24, 2.45) is 0 Å². The van der Waals surface area contributed by atoms with Crippen molar-refractivity contribution in [3.63, 3.8) is 0 Å². The minimum Gasteiger partial charge on any atom is -0.480 e. The number of carboxylic acids is 1. The molecule has 0 aliphatic carbocycles. The van der Waals surface area contributed by atoms with Gasteiger partial charge in [-0.05, 0) is 44.9 Å². The van der Waals surface area contributed by atoms with E-state index in [-0.39, 0.29) is 0 Å². The number of aryl methyl sites for hydroxylation is 1. The van der Waals surface area contributed by atoms with E-state index in [0.717, 1.165) is 31.7 Å². The van der Waals surface area contributed by atoms with Crippen LogP contribution in [-0.4, -0.2) is 41.1 Å². The number of piperidine rings is 1. The Bertz CT molecular complexity index is 448. The summed E-state index contributed by atoms with van der Waals surface area (Å²) in [6.45, 7) is 6.93. The topological polar surface area (TPSA) is 52.6 Å². The molecule has 1 aromatic carbocycles. The van der Waals surface area contributed by atoms with E-state index in [1.807, 2.05) is 31.2 Å². The first kappa shape index (κ1) is 14.9. The molecule has 4 nitrogen and oxygen atoms in total. The van der Waals surface area contributed by atoms with E-state index in [1.54, 1.807) is 0 Å². The molecule has 0 amide bonds. The molecule has 0 saturated carbocycles. The molecule has 1 aromatic rings. The lowest BCUT2D eigenvalue weighted by Crippen LogP contribution is -2.54. The maximum absolute atomic E-state index is 11.7. The fourth-order valence-electron chi connectivity index (χ4n) is 2.78. The molecular formula is C16H24N2O2. The minimum absolute atomic E-state index is 0.649. The average Bonchev–Trinajstić information content (AvgIpc) is 2.44. The molecule has 0 spiro atoms. The highest BCUT2D eigenvalue weighted by molar-refractivity contribution is 5.83. The van der Waals surface area contributed by atoms with Crippen molar-refractivity contribution >= 4 is 11.7 Å². The zero-order valence-electron chi connectivity index (χ0n) is 12.4. The molecule has 4 heteroatoms. The molecule has 2 rings (SSSR count). The Balaban J connectivity index is 2.08. The highest BCUT2D eigenvalue weighted by atomic mass is 16.4. The number of anilines is 1. The number of nitrogens with zero attached hydrogens (tertiary/aromatic N) is 1. The predicted octanol–water partition coefficient (Wildman–Crippen LogP) is 2.74. The van der Waals surface area contributed by atoms with Crippen LogP contribution in [0.1, 0.15) is 31.7 Å². The van der Waals surface area contributed by atoms with E-state index in [0.29, 0.717) is 12.8 Å². The lowest BCUT2D eigenvalue weighted by Gasteiger charge is -2.39. The van der Waals surface area contributed by atoms with Crippen LogP contribution in [0.3, 0.4) is 0 Å². The molecule has 0 unspecified atom stereocenters. The normalized spacial score (nSPS) is 18.7. The third-order valence-corrected chi connectivity index (χ3v) is 4.09. The molecule has 1 aliphatic rings. The molecular weight excluding hydrogens is 252 g/mol. The monoisotopic (exact) mass is 276 g/mol. The van der Waals surface area contributed by atoms with Gasteiger partial charge in [-0.3, -0.25) is 0 Å². The van der Waals surface area contributed by atoms with Crippen LogP contribution in [0.4, 0.5) is 5.69 Å². The summed E-state index contributed by atoms with van der Waals surface area (Å²) in [4.78, 5) is 14.1. The van der Waals surface area contributed by atoms with Gasteiger partial charge >= 0.3 is 5.97 Å². The summed E-state index contributed by atoms with van der Waals surface area (Å²) in [6, 6.07) is 7.92. The van der Waals surface area contributed by atoms with Crippen molar-refractivity contribution in [1.82, 2.24) is 4.90 Å². The Morgan fingerprint density at radius 3 is 2.40 bits per heavy atom. The van der Waals surface area contributed by atoms with Crippen LogP contribution in [0.15, 0.2) is 24.3 Å². The number of benzene rings is 1. The number of aliphatic carboxylic acids is 1. The van der Waals surface area contributed by atoms with Crippen molar-refractivity contribution in [3.8, 4) is 0 Å². The molecule has 0 radical (unpaired) electrons. The molecule has 0 aromatic heterocycles. The van der Waals surface area contributed by atoms with Crippen LogP contribution in [0.2, 0.25) is 0 Å². The van der Waals surface area contributed by atoms with Gasteiger partial charge in [0, 0.05) is 18.8 Å². The lowest BCUT2D eigenvalue weighted by molar-refractivity contribution is -0.144. The molecule has 0 bridgehead atoms. The number of nitrogens with one attached hydrogen (secondary N) is 1. The van der Waals surface area contributed by atoms with Gasteiger partial charge in [0.2, 0.25) is 0 Å². The number of likely N-dealkylation sites (tertiary alicyclic amines) is 1. The largest absolute Gasteiger partial charge is 0.480 e. The highest BCUT2D eigenvalue weighted by Crippen LogP contribution is 2.27. The summed E-state index contributed by atoms with van der Waals surface area (Å²) in [5.74, 6) is -0.741. The zero-order valence-corrected chi connectivity index (χ0v) is 12.4. The first-order valence-corrected chi connectivity index (χ1v) is 7.36. The van der Waals surface area contributed by atoms with Gasteiger partial charge in [-0.2, -0.15) is 0 Å². The maximum Gasteiger partial charge on any atom is 0.329 e. The second-order valence-corrected chi connectivity index (χ2v) is 5.72. The van der Waals surface area contributed by atoms with Crippen molar-refractivity contribution in [3.05, 3.63) is 29.8 Å². The van der Waals surface area contributed by atoms with Crippen LogP contribution < -0.4 is 5.32 Å². The van der Waals surface area contributed by atoms with Crippen LogP contribution in [0, 0.1) is 6.92 Å². The summed E-state index contributed by atoms with van der Waals surface area (Å²) in [5.41, 5.74) is 1.25. The first-order chi connectivity index (χ1) is 9.55. The molecule has 1 fully saturated rings. The Labute approximate surface area is 120 Å². The molecule has 110 valence electrons. The van der Waals surface area contributed by atoms with E-state index >= 15 is 0 Å².